The van der Waals surface area contributed by atoms with Gasteiger partial charge in [-0.25, -0.2) is 9.59 Å². The second-order valence-corrected chi connectivity index (χ2v) is 5.75. The van der Waals surface area contributed by atoms with E-state index in [4.69, 9.17) is 30.3 Å². The van der Waals surface area contributed by atoms with Crippen molar-refractivity contribution in [2.75, 3.05) is 19.7 Å². The minimum Gasteiger partial charge on any atom is -0.473 e. The summed E-state index contributed by atoms with van der Waals surface area (Å²) in [7, 11) is 0. The number of carboxylic acid groups (broad SMARTS) is 2. The first-order chi connectivity index (χ1) is 11.8. The van der Waals surface area contributed by atoms with Crippen LogP contribution in [-0.2, 0) is 25.7 Å². The highest BCUT2D eigenvalue weighted by Gasteiger charge is 2.38. The van der Waals surface area contributed by atoms with Crippen LogP contribution in [0, 0.1) is 0 Å². The molecule has 1 aromatic carbocycles. The van der Waals surface area contributed by atoms with Crippen molar-refractivity contribution in [1.29, 1.82) is 0 Å². The Morgan fingerprint density at radius 3 is 2.08 bits per heavy atom. The van der Waals surface area contributed by atoms with Crippen molar-refractivity contribution in [3.05, 3.63) is 35.9 Å². The van der Waals surface area contributed by atoms with E-state index in [0.29, 0.717) is 19.4 Å². The highest BCUT2D eigenvalue weighted by molar-refractivity contribution is 6.27. The topological polar surface area (TPSA) is 130 Å². The number of esters is 1. The monoisotopic (exact) mass is 352 g/mol. The van der Waals surface area contributed by atoms with Crippen molar-refractivity contribution in [1.82, 2.24) is 4.90 Å². The molecule has 2 rings (SSSR count). The molecule has 0 atom stereocenters. The third kappa shape index (κ3) is 6.90. The summed E-state index contributed by atoms with van der Waals surface area (Å²) in [6.45, 7) is 4.80. The smallest absolute Gasteiger partial charge is 0.414 e. The quantitative estimate of drug-likeness (QED) is 0.533. The molecule has 1 fully saturated rings. The molecule has 0 saturated carbocycles. The number of ether oxygens (including phenoxy) is 1. The molecule has 1 aliphatic heterocycles. The molecule has 1 aliphatic rings. The van der Waals surface area contributed by atoms with Gasteiger partial charge in [0.1, 0.15) is 5.54 Å². The Morgan fingerprint density at radius 1 is 1.12 bits per heavy atom. The number of nitrogens with two attached hydrogens (primary N) is 1. The van der Waals surface area contributed by atoms with Crippen molar-refractivity contribution < 1.29 is 29.3 Å². The summed E-state index contributed by atoms with van der Waals surface area (Å²) in [5.41, 5.74) is 6.65. The number of carboxylic acids is 2. The number of carbonyl (C=O) groups is 3. The van der Waals surface area contributed by atoms with Gasteiger partial charge in [-0.05, 0) is 25.3 Å². The molecule has 0 radical (unpaired) electrons. The predicted molar refractivity (Wildman–Crippen MR) is 89.8 cm³/mol. The summed E-state index contributed by atoms with van der Waals surface area (Å²) >= 11 is 0. The van der Waals surface area contributed by atoms with E-state index in [1.165, 1.54) is 5.56 Å². The molecule has 0 unspecified atom stereocenters. The molecule has 0 aliphatic carbocycles. The van der Waals surface area contributed by atoms with E-state index in [2.05, 4.69) is 17.0 Å². The van der Waals surface area contributed by atoms with Crippen LogP contribution >= 0.6 is 0 Å². The van der Waals surface area contributed by atoms with Gasteiger partial charge in [-0.15, -0.1) is 0 Å². The van der Waals surface area contributed by atoms with Crippen molar-refractivity contribution >= 4 is 17.9 Å². The van der Waals surface area contributed by atoms with E-state index >= 15 is 0 Å². The lowest BCUT2D eigenvalue weighted by Crippen LogP contribution is -2.56. The van der Waals surface area contributed by atoms with Gasteiger partial charge in [0.2, 0.25) is 0 Å². The molecule has 8 heteroatoms. The molecule has 0 bridgehead atoms. The molecule has 8 nitrogen and oxygen atoms in total. The Kier molecular flexibility index (Phi) is 8.03. The number of rotatable bonds is 4. The van der Waals surface area contributed by atoms with Crippen LogP contribution in [0.15, 0.2) is 30.3 Å². The van der Waals surface area contributed by atoms with Crippen LogP contribution in [-0.4, -0.2) is 58.3 Å². The summed E-state index contributed by atoms with van der Waals surface area (Å²) in [6, 6.07) is 10.4. The fourth-order valence-corrected chi connectivity index (χ4v) is 2.43. The Labute approximate surface area is 146 Å². The highest BCUT2D eigenvalue weighted by Crippen LogP contribution is 2.22. The van der Waals surface area contributed by atoms with Crippen LogP contribution < -0.4 is 5.73 Å². The first-order valence-electron chi connectivity index (χ1n) is 7.97. The predicted octanol–water partition coefficient (Wildman–Crippen LogP) is 0.699. The van der Waals surface area contributed by atoms with Crippen LogP contribution in [0.5, 0.6) is 0 Å². The SMILES string of the molecule is CCOC(=O)C1(N)CCN(Cc2ccccc2)CC1.O=C(O)C(=O)O. The lowest BCUT2D eigenvalue weighted by Gasteiger charge is -2.37. The molecule has 0 spiro atoms. The zero-order valence-electron chi connectivity index (χ0n) is 14.2. The van der Waals surface area contributed by atoms with Crippen molar-refractivity contribution in [3.63, 3.8) is 0 Å². The van der Waals surface area contributed by atoms with Crippen LogP contribution in [0.4, 0.5) is 0 Å². The fraction of sp³-hybridized carbons (Fsp3) is 0.471. The average molecular weight is 352 g/mol. The van der Waals surface area contributed by atoms with Gasteiger partial charge < -0.3 is 20.7 Å². The molecule has 0 amide bonds. The fourth-order valence-electron chi connectivity index (χ4n) is 2.43. The molecular formula is C17H24N2O6. The zero-order chi connectivity index (χ0) is 18.9. The van der Waals surface area contributed by atoms with Gasteiger partial charge in [0.15, 0.2) is 0 Å². The number of hydrogen-bond donors (Lipinski definition) is 3. The Balaban J connectivity index is 0.000000450. The van der Waals surface area contributed by atoms with E-state index in [1.54, 1.807) is 0 Å². The van der Waals surface area contributed by atoms with Gasteiger partial charge in [0.25, 0.3) is 0 Å². The van der Waals surface area contributed by atoms with Crippen LogP contribution in [0.2, 0.25) is 0 Å². The highest BCUT2D eigenvalue weighted by atomic mass is 16.5. The van der Waals surface area contributed by atoms with Gasteiger partial charge in [-0.1, -0.05) is 30.3 Å². The van der Waals surface area contributed by atoms with Crippen LogP contribution in [0.3, 0.4) is 0 Å². The lowest BCUT2D eigenvalue weighted by molar-refractivity contribution is -0.159. The molecule has 1 saturated heterocycles. The van der Waals surface area contributed by atoms with E-state index in [-0.39, 0.29) is 5.97 Å². The van der Waals surface area contributed by atoms with Crippen molar-refractivity contribution in [2.45, 2.75) is 31.8 Å². The number of piperidine rings is 1. The minimum atomic E-state index is -1.82. The molecule has 25 heavy (non-hydrogen) atoms. The van der Waals surface area contributed by atoms with E-state index in [0.717, 1.165) is 19.6 Å². The number of carbonyl (C=O) groups excluding carboxylic acids is 1. The number of hydrogen-bond acceptors (Lipinski definition) is 6. The Bertz CT molecular complexity index is 570. The zero-order valence-corrected chi connectivity index (χ0v) is 14.2. The van der Waals surface area contributed by atoms with Gasteiger partial charge in [-0.2, -0.15) is 0 Å². The summed E-state index contributed by atoms with van der Waals surface area (Å²) in [5.74, 6) is -3.90. The Morgan fingerprint density at radius 2 is 1.64 bits per heavy atom. The molecule has 1 aromatic rings. The first-order valence-corrected chi connectivity index (χ1v) is 7.97. The minimum absolute atomic E-state index is 0.255. The molecule has 1 heterocycles. The average Bonchev–Trinajstić information content (AvgIpc) is 2.59. The molecule has 138 valence electrons. The lowest BCUT2D eigenvalue weighted by atomic mass is 9.88. The standard InChI is InChI=1S/C15H22N2O2.C2H2O4/c1-2-19-14(18)15(16)8-10-17(11-9-15)12-13-6-4-3-5-7-13;3-1(4)2(5)6/h3-7H,2,8-12,16H2,1H3;(H,3,4)(H,5,6). The maximum atomic E-state index is 11.8. The summed E-state index contributed by atoms with van der Waals surface area (Å²) in [5, 5.41) is 14.8. The molecular weight excluding hydrogens is 328 g/mol. The first kappa shape index (κ1) is 20.6. The van der Waals surface area contributed by atoms with E-state index in [1.807, 2.05) is 25.1 Å². The second-order valence-electron chi connectivity index (χ2n) is 5.75. The van der Waals surface area contributed by atoms with Gasteiger partial charge >= 0.3 is 17.9 Å². The number of benzene rings is 1. The van der Waals surface area contributed by atoms with Crippen molar-refractivity contribution in [3.8, 4) is 0 Å². The second kappa shape index (κ2) is 9.75. The van der Waals surface area contributed by atoms with Gasteiger partial charge in [0, 0.05) is 19.6 Å². The molecule has 4 N–H and O–H groups in total. The van der Waals surface area contributed by atoms with E-state index < -0.39 is 17.5 Å². The summed E-state index contributed by atoms with van der Waals surface area (Å²) in [6.07, 6.45) is 1.33. The van der Waals surface area contributed by atoms with Gasteiger partial charge in [-0.3, -0.25) is 9.69 Å². The molecule has 0 aromatic heterocycles. The largest absolute Gasteiger partial charge is 0.473 e. The summed E-state index contributed by atoms with van der Waals surface area (Å²) in [4.78, 5) is 32.4. The third-order valence-electron chi connectivity index (χ3n) is 3.86. The number of likely N-dealkylation sites (tertiary alicyclic amines) is 1. The maximum absolute atomic E-state index is 11.8. The number of nitrogens with zero attached hydrogens (tertiary/aromatic N) is 1. The Hall–Kier alpha value is -2.45. The maximum Gasteiger partial charge on any atom is 0.414 e. The van der Waals surface area contributed by atoms with Crippen LogP contribution in [0.1, 0.15) is 25.3 Å². The number of aliphatic carboxylic acids is 2. The normalized spacial score (nSPS) is 16.2. The van der Waals surface area contributed by atoms with Crippen LogP contribution in [0.25, 0.3) is 0 Å². The van der Waals surface area contributed by atoms with E-state index in [9.17, 15) is 4.79 Å². The third-order valence-corrected chi connectivity index (χ3v) is 3.86. The summed E-state index contributed by atoms with van der Waals surface area (Å²) < 4.78 is 5.06. The van der Waals surface area contributed by atoms with Gasteiger partial charge in [0.05, 0.1) is 6.61 Å². The van der Waals surface area contributed by atoms with Crippen molar-refractivity contribution in [2.24, 2.45) is 5.73 Å².